The molecule has 0 N–H and O–H groups in total. The lowest BCUT2D eigenvalue weighted by Crippen LogP contribution is -2.19. The minimum absolute atomic E-state index is 0.263. The van der Waals surface area contributed by atoms with E-state index in [0.29, 0.717) is 6.61 Å². The largest absolute Gasteiger partial charge is 0.493 e. The lowest BCUT2D eigenvalue weighted by Gasteiger charge is -2.11. The molecule has 0 saturated heterocycles. The zero-order valence-electron chi connectivity index (χ0n) is 12.0. The quantitative estimate of drug-likeness (QED) is 0.755. The third-order valence-electron chi connectivity index (χ3n) is 3.14. The topological polar surface area (TPSA) is 35.5 Å². The Kier molecular flexibility index (Phi) is 5.39. The van der Waals surface area contributed by atoms with Crippen molar-refractivity contribution in [3.05, 3.63) is 53.0 Å². The zero-order chi connectivity index (χ0) is 15.2. The van der Waals surface area contributed by atoms with Crippen LogP contribution in [0.3, 0.4) is 0 Å². The van der Waals surface area contributed by atoms with E-state index in [1.807, 2.05) is 36.4 Å². The molecule has 0 aliphatic carbocycles. The highest BCUT2D eigenvalue weighted by Crippen LogP contribution is 2.24. The molecule has 4 heteroatoms. The van der Waals surface area contributed by atoms with Gasteiger partial charge in [0.2, 0.25) is 0 Å². The summed E-state index contributed by atoms with van der Waals surface area (Å²) in [5.41, 5.74) is 2.27. The van der Waals surface area contributed by atoms with Crippen LogP contribution in [-0.2, 0) is 9.53 Å². The Morgan fingerprint density at radius 1 is 1.05 bits per heavy atom. The molecule has 1 unspecified atom stereocenters. The average Bonchev–Trinajstić information content (AvgIpc) is 2.53. The van der Waals surface area contributed by atoms with Gasteiger partial charge in [-0.3, -0.25) is 4.79 Å². The maximum absolute atomic E-state index is 11.3. The van der Waals surface area contributed by atoms with Crippen LogP contribution < -0.4 is 4.74 Å². The van der Waals surface area contributed by atoms with Gasteiger partial charge in [-0.2, -0.15) is 0 Å². The molecule has 2 aromatic rings. The summed E-state index contributed by atoms with van der Waals surface area (Å²) in [6.07, 6.45) is 0. The van der Waals surface area contributed by atoms with Gasteiger partial charge in [-0.05, 0) is 42.3 Å². The lowest BCUT2D eigenvalue weighted by molar-refractivity contribution is -0.145. The Morgan fingerprint density at radius 2 is 1.57 bits per heavy atom. The van der Waals surface area contributed by atoms with Gasteiger partial charge >= 0.3 is 5.97 Å². The molecule has 0 aliphatic rings. The van der Waals surface area contributed by atoms with E-state index < -0.39 is 0 Å². The SMILES string of the molecule is COC(=O)C(C)COc1ccc(-c2ccc(Br)cc2)cc1. The molecule has 0 saturated carbocycles. The van der Waals surface area contributed by atoms with E-state index in [2.05, 4.69) is 32.8 Å². The minimum atomic E-state index is -0.277. The highest BCUT2D eigenvalue weighted by atomic mass is 79.9. The van der Waals surface area contributed by atoms with Gasteiger partial charge in [0.15, 0.2) is 0 Å². The van der Waals surface area contributed by atoms with Gasteiger partial charge in [-0.1, -0.05) is 40.2 Å². The number of halogens is 1. The van der Waals surface area contributed by atoms with E-state index in [1.54, 1.807) is 6.92 Å². The molecule has 0 bridgehead atoms. The summed E-state index contributed by atoms with van der Waals surface area (Å²) < 4.78 is 11.3. The van der Waals surface area contributed by atoms with Crippen LogP contribution in [0.15, 0.2) is 53.0 Å². The third-order valence-corrected chi connectivity index (χ3v) is 3.66. The summed E-state index contributed by atoms with van der Waals surface area (Å²) in [7, 11) is 1.38. The average molecular weight is 349 g/mol. The van der Waals surface area contributed by atoms with Gasteiger partial charge in [-0.15, -0.1) is 0 Å². The van der Waals surface area contributed by atoms with Crippen molar-refractivity contribution in [3.63, 3.8) is 0 Å². The van der Waals surface area contributed by atoms with Crippen LogP contribution in [0.2, 0.25) is 0 Å². The van der Waals surface area contributed by atoms with Crippen LogP contribution in [0.5, 0.6) is 5.75 Å². The normalized spacial score (nSPS) is 11.8. The molecule has 0 spiro atoms. The van der Waals surface area contributed by atoms with E-state index in [1.165, 1.54) is 7.11 Å². The highest BCUT2D eigenvalue weighted by Gasteiger charge is 2.13. The van der Waals surface area contributed by atoms with Crippen LogP contribution in [0.1, 0.15) is 6.92 Å². The first kappa shape index (κ1) is 15.6. The number of benzene rings is 2. The molecular formula is C17H17BrO3. The lowest BCUT2D eigenvalue weighted by atomic mass is 10.1. The first-order chi connectivity index (χ1) is 10.1. The second-order valence-corrected chi connectivity index (χ2v) is 5.68. The van der Waals surface area contributed by atoms with Gasteiger partial charge in [0.05, 0.1) is 13.0 Å². The summed E-state index contributed by atoms with van der Waals surface area (Å²) in [5.74, 6) is 0.203. The monoisotopic (exact) mass is 348 g/mol. The van der Waals surface area contributed by atoms with Crippen molar-refractivity contribution in [2.75, 3.05) is 13.7 Å². The van der Waals surface area contributed by atoms with Crippen molar-refractivity contribution in [2.24, 2.45) is 5.92 Å². The summed E-state index contributed by atoms with van der Waals surface area (Å²) in [4.78, 5) is 11.3. The fourth-order valence-corrected chi connectivity index (χ4v) is 2.14. The van der Waals surface area contributed by atoms with Crippen molar-refractivity contribution >= 4 is 21.9 Å². The van der Waals surface area contributed by atoms with Crippen LogP contribution in [0.25, 0.3) is 11.1 Å². The number of hydrogen-bond acceptors (Lipinski definition) is 3. The zero-order valence-corrected chi connectivity index (χ0v) is 13.6. The minimum Gasteiger partial charge on any atom is -0.493 e. The molecule has 3 nitrogen and oxygen atoms in total. The fourth-order valence-electron chi connectivity index (χ4n) is 1.88. The van der Waals surface area contributed by atoms with Crippen LogP contribution in [0, 0.1) is 5.92 Å². The van der Waals surface area contributed by atoms with Crippen molar-refractivity contribution in [1.29, 1.82) is 0 Å². The number of hydrogen-bond donors (Lipinski definition) is 0. The Morgan fingerprint density at radius 3 is 2.10 bits per heavy atom. The Hall–Kier alpha value is -1.81. The first-order valence-electron chi connectivity index (χ1n) is 6.67. The molecule has 110 valence electrons. The van der Waals surface area contributed by atoms with Crippen molar-refractivity contribution < 1.29 is 14.3 Å². The van der Waals surface area contributed by atoms with Gasteiger partial charge < -0.3 is 9.47 Å². The Bertz CT molecular complexity index is 590. The van der Waals surface area contributed by atoms with Crippen molar-refractivity contribution in [3.8, 4) is 16.9 Å². The number of methoxy groups -OCH3 is 1. The molecule has 0 amide bonds. The molecule has 0 radical (unpaired) electrons. The number of carbonyl (C=O) groups is 1. The number of rotatable bonds is 5. The van der Waals surface area contributed by atoms with Crippen molar-refractivity contribution in [2.45, 2.75) is 6.92 Å². The number of carbonyl (C=O) groups excluding carboxylic acids is 1. The van der Waals surface area contributed by atoms with Crippen LogP contribution >= 0.6 is 15.9 Å². The molecule has 0 aliphatic heterocycles. The molecule has 2 rings (SSSR count). The molecule has 0 heterocycles. The Labute approximate surface area is 133 Å². The maximum atomic E-state index is 11.3. The summed E-state index contributed by atoms with van der Waals surface area (Å²) >= 11 is 3.42. The van der Waals surface area contributed by atoms with Gasteiger partial charge in [-0.25, -0.2) is 0 Å². The predicted octanol–water partition coefficient (Wildman–Crippen LogP) is 4.30. The third kappa shape index (κ3) is 4.33. The van der Waals surface area contributed by atoms with Crippen LogP contribution in [-0.4, -0.2) is 19.7 Å². The van der Waals surface area contributed by atoms with Crippen molar-refractivity contribution in [1.82, 2.24) is 0 Å². The standard InChI is InChI=1S/C17H17BrO3/c1-12(17(19)20-2)11-21-16-9-5-14(6-10-16)13-3-7-15(18)8-4-13/h3-10,12H,11H2,1-2H3. The number of esters is 1. The van der Waals surface area contributed by atoms with Crippen LogP contribution in [0.4, 0.5) is 0 Å². The summed E-state index contributed by atoms with van der Waals surface area (Å²) in [6.45, 7) is 2.09. The maximum Gasteiger partial charge on any atom is 0.311 e. The second kappa shape index (κ2) is 7.27. The summed E-state index contributed by atoms with van der Waals surface area (Å²) in [5, 5.41) is 0. The van der Waals surface area contributed by atoms with Gasteiger partial charge in [0.25, 0.3) is 0 Å². The van der Waals surface area contributed by atoms with E-state index in [-0.39, 0.29) is 11.9 Å². The fraction of sp³-hybridized carbons (Fsp3) is 0.235. The second-order valence-electron chi connectivity index (χ2n) is 4.77. The Balaban J connectivity index is 1.99. The summed E-state index contributed by atoms with van der Waals surface area (Å²) in [6, 6.07) is 15.9. The first-order valence-corrected chi connectivity index (χ1v) is 7.46. The van der Waals surface area contributed by atoms with Gasteiger partial charge in [0.1, 0.15) is 12.4 Å². The molecule has 21 heavy (non-hydrogen) atoms. The smallest absolute Gasteiger partial charge is 0.311 e. The van der Waals surface area contributed by atoms with E-state index in [9.17, 15) is 4.79 Å². The molecular weight excluding hydrogens is 332 g/mol. The predicted molar refractivity (Wildman–Crippen MR) is 86.3 cm³/mol. The van der Waals surface area contributed by atoms with Gasteiger partial charge in [0, 0.05) is 4.47 Å². The van der Waals surface area contributed by atoms with E-state index in [0.717, 1.165) is 21.3 Å². The molecule has 0 fully saturated rings. The molecule has 1 atom stereocenters. The van der Waals surface area contributed by atoms with E-state index >= 15 is 0 Å². The number of ether oxygens (including phenoxy) is 2. The van der Waals surface area contributed by atoms with E-state index in [4.69, 9.17) is 4.74 Å². The highest BCUT2D eigenvalue weighted by molar-refractivity contribution is 9.10. The molecule has 2 aromatic carbocycles. The molecule has 0 aromatic heterocycles.